The molecular weight excluding hydrogens is 410 g/mol. The molecule has 0 heterocycles. The number of hydrogen-bond donors (Lipinski definition) is 2. The first-order valence-corrected chi connectivity index (χ1v) is 9.91. The Morgan fingerprint density at radius 1 is 1.07 bits per heavy atom. The summed E-state index contributed by atoms with van der Waals surface area (Å²) in [5.74, 6) is -0.917. The van der Waals surface area contributed by atoms with Crippen LogP contribution < -0.4 is 5.73 Å². The second-order valence-corrected chi connectivity index (χ2v) is 7.50. The van der Waals surface area contributed by atoms with E-state index in [2.05, 4.69) is 4.74 Å². The van der Waals surface area contributed by atoms with Crippen molar-refractivity contribution in [3.8, 4) is 11.1 Å². The average molecular weight is 436 g/mol. The van der Waals surface area contributed by atoms with Gasteiger partial charge in [-0.1, -0.05) is 48.0 Å². The zero-order valence-corrected chi connectivity index (χ0v) is 17.7. The number of carbonyl (C=O) groups is 2. The largest absolute Gasteiger partial charge is 0.511 e. The van der Waals surface area contributed by atoms with Crippen LogP contribution in [-0.2, 0) is 25.4 Å². The Balaban J connectivity index is 1.78. The van der Waals surface area contributed by atoms with E-state index in [9.17, 15) is 14.7 Å². The quantitative estimate of drug-likeness (QED) is 0.456. The molecule has 0 amide bonds. The number of carbonyl (C=O) groups excluding carboxylic acids is 2. The van der Waals surface area contributed by atoms with Crippen LogP contribution >= 0.6 is 11.6 Å². The summed E-state index contributed by atoms with van der Waals surface area (Å²) >= 11 is 6.03. The minimum absolute atomic E-state index is 0.00528. The summed E-state index contributed by atoms with van der Waals surface area (Å²) in [6.07, 6.45) is -2.25. The summed E-state index contributed by atoms with van der Waals surface area (Å²) in [6, 6.07) is 14.9. The lowest BCUT2D eigenvalue weighted by Gasteiger charge is -2.16. The molecule has 0 aliphatic heterocycles. The molecule has 2 unspecified atom stereocenters. The number of aliphatic hydroxyl groups excluding tert-OH is 1. The molecule has 2 aromatic carbocycles. The zero-order chi connectivity index (χ0) is 22.1. The Kier molecular flexibility index (Phi) is 9.11. The minimum atomic E-state index is -1.42. The highest BCUT2D eigenvalue weighted by Gasteiger charge is 2.21. The lowest BCUT2D eigenvalue weighted by Crippen LogP contribution is -2.34. The van der Waals surface area contributed by atoms with E-state index in [0.717, 1.165) is 16.7 Å². The molecular formula is C22H26ClNO6. The Labute approximate surface area is 180 Å². The van der Waals surface area contributed by atoms with Crippen molar-refractivity contribution in [1.82, 2.24) is 0 Å². The van der Waals surface area contributed by atoms with Gasteiger partial charge in [0.2, 0.25) is 6.79 Å². The molecule has 2 rings (SSSR count). The van der Waals surface area contributed by atoms with Gasteiger partial charge in [0, 0.05) is 11.1 Å². The van der Waals surface area contributed by atoms with Gasteiger partial charge < -0.3 is 25.1 Å². The normalized spacial score (nSPS) is 12.9. The van der Waals surface area contributed by atoms with E-state index in [-0.39, 0.29) is 12.5 Å². The maximum absolute atomic E-state index is 11.8. The summed E-state index contributed by atoms with van der Waals surface area (Å²) in [5.41, 5.74) is 9.05. The first kappa shape index (κ1) is 23.7. The van der Waals surface area contributed by atoms with Crippen molar-refractivity contribution < 1.29 is 28.9 Å². The molecule has 162 valence electrons. The van der Waals surface area contributed by atoms with Crippen LogP contribution in [0, 0.1) is 0 Å². The van der Waals surface area contributed by atoms with Crippen LogP contribution in [0.2, 0.25) is 5.02 Å². The van der Waals surface area contributed by atoms with E-state index in [4.69, 9.17) is 26.8 Å². The zero-order valence-electron chi connectivity index (χ0n) is 16.9. The van der Waals surface area contributed by atoms with Gasteiger partial charge in [-0.25, -0.2) is 9.59 Å². The summed E-state index contributed by atoms with van der Waals surface area (Å²) in [5, 5.41) is 10.6. The van der Waals surface area contributed by atoms with Gasteiger partial charge in [0.1, 0.15) is 0 Å². The van der Waals surface area contributed by atoms with Crippen molar-refractivity contribution in [2.24, 2.45) is 5.73 Å². The van der Waals surface area contributed by atoms with Gasteiger partial charge in [-0.3, -0.25) is 0 Å². The van der Waals surface area contributed by atoms with Crippen molar-refractivity contribution >= 4 is 23.7 Å². The molecule has 8 heteroatoms. The van der Waals surface area contributed by atoms with E-state index in [1.54, 1.807) is 13.8 Å². The molecule has 0 saturated heterocycles. The topological polar surface area (TPSA) is 108 Å². The second-order valence-electron chi connectivity index (χ2n) is 7.07. The third kappa shape index (κ3) is 8.02. The molecule has 2 atom stereocenters. The Morgan fingerprint density at radius 2 is 1.77 bits per heavy atom. The molecule has 7 nitrogen and oxygen atoms in total. The fraction of sp³-hybridized carbons (Fsp3) is 0.364. The van der Waals surface area contributed by atoms with Crippen molar-refractivity contribution in [3.63, 3.8) is 0 Å². The molecule has 0 bridgehead atoms. The van der Waals surface area contributed by atoms with Crippen LogP contribution in [0.1, 0.15) is 25.8 Å². The molecule has 0 aliphatic rings. The fourth-order valence-electron chi connectivity index (χ4n) is 2.73. The van der Waals surface area contributed by atoms with Gasteiger partial charge in [-0.15, -0.1) is 0 Å². The van der Waals surface area contributed by atoms with E-state index < -0.39 is 31.1 Å². The van der Waals surface area contributed by atoms with Gasteiger partial charge in [0.25, 0.3) is 0 Å². The van der Waals surface area contributed by atoms with Gasteiger partial charge in [0.05, 0.1) is 6.10 Å². The Bertz CT molecular complexity index is 840. The highest BCUT2D eigenvalue weighted by molar-refractivity contribution is 6.30. The molecule has 30 heavy (non-hydrogen) atoms. The van der Waals surface area contributed by atoms with Crippen LogP contribution in [0.3, 0.4) is 0 Å². The predicted molar refractivity (Wildman–Crippen MR) is 113 cm³/mol. The van der Waals surface area contributed by atoms with Gasteiger partial charge in [0.15, 0.2) is 6.10 Å². The second kappa shape index (κ2) is 11.5. The molecule has 2 aromatic rings. The first-order chi connectivity index (χ1) is 14.2. The van der Waals surface area contributed by atoms with Crippen molar-refractivity contribution in [1.29, 1.82) is 0 Å². The van der Waals surface area contributed by atoms with Crippen molar-refractivity contribution in [2.45, 2.75) is 44.9 Å². The van der Waals surface area contributed by atoms with Crippen LogP contribution in [-0.4, -0.2) is 42.3 Å². The smallest absolute Gasteiger partial charge is 0.431 e. The van der Waals surface area contributed by atoms with E-state index in [0.29, 0.717) is 11.4 Å². The third-order valence-electron chi connectivity index (χ3n) is 4.12. The third-order valence-corrected chi connectivity index (χ3v) is 4.35. The standard InChI is InChI=1S/C22H26ClNO6/c1-14(2)30-22(27)29-13-28-21(26)20(25)12-19(24)10-15-6-8-16(9-7-15)17-4-3-5-18(23)11-17/h3-9,11,14,19-20,25H,10,12-13,24H2,1-2H3. The molecule has 0 saturated carbocycles. The molecule has 0 spiro atoms. The number of aliphatic hydroxyl groups is 1. The Hall–Kier alpha value is -2.61. The van der Waals surface area contributed by atoms with Gasteiger partial charge in [-0.2, -0.15) is 0 Å². The molecule has 3 N–H and O–H groups in total. The number of halogens is 1. The number of nitrogens with two attached hydrogens (primary N) is 1. The fourth-order valence-corrected chi connectivity index (χ4v) is 2.92. The van der Waals surface area contributed by atoms with Crippen molar-refractivity contribution in [2.75, 3.05) is 6.79 Å². The molecule has 0 aromatic heterocycles. The maximum atomic E-state index is 11.8. The number of hydrogen-bond acceptors (Lipinski definition) is 7. The van der Waals surface area contributed by atoms with E-state index in [1.165, 1.54) is 0 Å². The van der Waals surface area contributed by atoms with E-state index >= 15 is 0 Å². The van der Waals surface area contributed by atoms with Crippen LogP contribution in [0.15, 0.2) is 48.5 Å². The number of benzene rings is 2. The molecule has 0 aliphatic carbocycles. The summed E-state index contributed by atoms with van der Waals surface area (Å²) in [6.45, 7) is 2.67. The first-order valence-electron chi connectivity index (χ1n) is 9.53. The van der Waals surface area contributed by atoms with Gasteiger partial charge >= 0.3 is 12.1 Å². The predicted octanol–water partition coefficient (Wildman–Crippen LogP) is 3.69. The lowest BCUT2D eigenvalue weighted by atomic mass is 9.98. The SMILES string of the molecule is CC(C)OC(=O)OCOC(=O)C(O)CC(N)Cc1ccc(-c2cccc(Cl)c2)cc1. The lowest BCUT2D eigenvalue weighted by molar-refractivity contribution is -0.164. The van der Waals surface area contributed by atoms with Crippen molar-refractivity contribution in [3.05, 3.63) is 59.1 Å². The highest BCUT2D eigenvalue weighted by atomic mass is 35.5. The number of rotatable bonds is 9. The Morgan fingerprint density at radius 3 is 2.40 bits per heavy atom. The van der Waals surface area contributed by atoms with Crippen LogP contribution in [0.25, 0.3) is 11.1 Å². The van der Waals surface area contributed by atoms with Crippen LogP contribution in [0.4, 0.5) is 4.79 Å². The number of esters is 1. The summed E-state index contributed by atoms with van der Waals surface area (Å²) in [4.78, 5) is 23.0. The van der Waals surface area contributed by atoms with Crippen LogP contribution in [0.5, 0.6) is 0 Å². The average Bonchev–Trinajstić information content (AvgIpc) is 2.67. The molecule has 0 radical (unpaired) electrons. The minimum Gasteiger partial charge on any atom is -0.431 e. The summed E-state index contributed by atoms with van der Waals surface area (Å²) < 4.78 is 14.0. The maximum Gasteiger partial charge on any atom is 0.511 e. The molecule has 0 fully saturated rings. The number of ether oxygens (including phenoxy) is 3. The summed E-state index contributed by atoms with van der Waals surface area (Å²) in [7, 11) is 0. The van der Waals surface area contributed by atoms with E-state index in [1.807, 2.05) is 48.5 Å². The van der Waals surface area contributed by atoms with Gasteiger partial charge in [-0.05, 0) is 55.5 Å². The monoisotopic (exact) mass is 435 g/mol. The highest BCUT2D eigenvalue weighted by Crippen LogP contribution is 2.23.